The van der Waals surface area contributed by atoms with E-state index in [9.17, 15) is 9.59 Å². The fourth-order valence-corrected chi connectivity index (χ4v) is 0.626. The van der Waals surface area contributed by atoms with Crippen molar-refractivity contribution < 1.29 is 9.59 Å². The van der Waals surface area contributed by atoms with Gasteiger partial charge in [-0.15, -0.1) is 0 Å². The van der Waals surface area contributed by atoms with Crippen LogP contribution in [0.15, 0.2) is 18.5 Å². The Labute approximate surface area is 74.4 Å². The summed E-state index contributed by atoms with van der Waals surface area (Å²) in [5.74, 6) is 0.186. The summed E-state index contributed by atoms with van der Waals surface area (Å²) in [6.07, 6.45) is 4.51. The maximum absolute atomic E-state index is 10.9. The normalized spacial score (nSPS) is 8.92. The van der Waals surface area contributed by atoms with Crippen LogP contribution in [0.5, 0.6) is 0 Å². The zero-order valence-electron chi connectivity index (χ0n) is 6.65. The first-order chi connectivity index (χ1) is 6.33. The lowest BCUT2D eigenvalue weighted by atomic mass is 10.6. The number of nitrogens with one attached hydrogen (secondary N) is 2. The van der Waals surface area contributed by atoms with Gasteiger partial charge in [0, 0.05) is 12.4 Å². The number of amides is 2. The average Bonchev–Trinajstić information content (AvgIpc) is 2.16. The molecule has 0 aromatic carbocycles. The minimum Gasteiger partial charge on any atom is -0.330 e. The lowest BCUT2D eigenvalue weighted by Crippen LogP contribution is -2.30. The Bertz CT molecular complexity index is 288. The van der Waals surface area contributed by atoms with Crippen LogP contribution in [0.1, 0.15) is 0 Å². The lowest BCUT2D eigenvalue weighted by Gasteiger charge is -2.01. The minimum atomic E-state index is -0.533. The molecule has 0 spiro atoms. The highest BCUT2D eigenvalue weighted by Gasteiger charge is 2.00. The molecule has 6 heteroatoms. The average molecular weight is 179 g/mol. The number of urea groups is 1. The number of carbonyl (C=O) groups is 1. The quantitative estimate of drug-likeness (QED) is 0.667. The molecule has 0 atom stereocenters. The van der Waals surface area contributed by atoms with E-state index in [0.29, 0.717) is 0 Å². The highest BCUT2D eigenvalue weighted by molar-refractivity contribution is 5.88. The predicted molar refractivity (Wildman–Crippen MR) is 44.7 cm³/mol. The molecule has 1 aromatic rings. The maximum Gasteiger partial charge on any atom is 0.322 e. The van der Waals surface area contributed by atoms with Gasteiger partial charge in [0.25, 0.3) is 0 Å². The summed E-state index contributed by atoms with van der Waals surface area (Å²) in [6, 6.07) is 1.09. The summed E-state index contributed by atoms with van der Waals surface area (Å²) >= 11 is 0. The predicted octanol–water partition coefficient (Wildman–Crippen LogP) is -0.292. The number of hydrogen-bond acceptors (Lipinski definition) is 4. The van der Waals surface area contributed by atoms with Crippen molar-refractivity contribution in [3.63, 3.8) is 0 Å². The Morgan fingerprint density at radius 1 is 1.46 bits per heavy atom. The van der Waals surface area contributed by atoms with Crippen molar-refractivity contribution in [3.05, 3.63) is 18.5 Å². The molecule has 13 heavy (non-hydrogen) atoms. The largest absolute Gasteiger partial charge is 0.330 e. The third-order valence-electron chi connectivity index (χ3n) is 1.11. The first-order valence-electron chi connectivity index (χ1n) is 3.50. The SMILES string of the molecule is O=[C]CNC(=O)Nc1ncccn1. The van der Waals surface area contributed by atoms with Crippen molar-refractivity contribution in [3.8, 4) is 0 Å². The van der Waals surface area contributed by atoms with Crippen LogP contribution >= 0.6 is 0 Å². The van der Waals surface area contributed by atoms with Crippen molar-refractivity contribution in [2.75, 3.05) is 11.9 Å². The summed E-state index contributed by atoms with van der Waals surface area (Å²) in [5, 5.41) is 4.55. The van der Waals surface area contributed by atoms with E-state index in [2.05, 4.69) is 20.6 Å². The van der Waals surface area contributed by atoms with Crippen LogP contribution in [0.2, 0.25) is 0 Å². The van der Waals surface area contributed by atoms with Gasteiger partial charge in [0.15, 0.2) is 0 Å². The molecule has 0 aliphatic rings. The fourth-order valence-electron chi connectivity index (χ4n) is 0.626. The van der Waals surface area contributed by atoms with E-state index in [1.165, 1.54) is 18.7 Å². The topological polar surface area (TPSA) is 84.0 Å². The van der Waals surface area contributed by atoms with Gasteiger partial charge in [0.2, 0.25) is 12.2 Å². The number of rotatable bonds is 3. The van der Waals surface area contributed by atoms with E-state index in [1.807, 2.05) is 0 Å². The molecule has 2 amide bonds. The van der Waals surface area contributed by atoms with E-state index >= 15 is 0 Å². The highest BCUT2D eigenvalue weighted by Crippen LogP contribution is 1.92. The molecule has 0 aliphatic heterocycles. The van der Waals surface area contributed by atoms with Crippen LogP contribution in [-0.2, 0) is 4.79 Å². The Morgan fingerprint density at radius 3 is 2.77 bits per heavy atom. The van der Waals surface area contributed by atoms with Crippen LogP contribution in [0.4, 0.5) is 10.7 Å². The van der Waals surface area contributed by atoms with Gasteiger partial charge >= 0.3 is 6.03 Å². The van der Waals surface area contributed by atoms with Crippen LogP contribution in [-0.4, -0.2) is 28.8 Å². The molecule has 1 aromatic heterocycles. The molecule has 1 radical (unpaired) electrons. The van der Waals surface area contributed by atoms with E-state index in [4.69, 9.17) is 0 Å². The number of carbonyl (C=O) groups excluding carboxylic acids is 2. The standard InChI is InChI=1S/C7H7N4O2/c12-5-4-10-7(13)11-6-8-2-1-3-9-6/h1-3H,4H2,(H2,8,9,10,11,13). The van der Waals surface area contributed by atoms with Crippen LogP contribution < -0.4 is 10.6 Å². The monoisotopic (exact) mass is 179 g/mol. The van der Waals surface area contributed by atoms with Gasteiger partial charge in [0.1, 0.15) is 0 Å². The van der Waals surface area contributed by atoms with Crippen LogP contribution in [0.3, 0.4) is 0 Å². The van der Waals surface area contributed by atoms with Crippen molar-refractivity contribution in [2.24, 2.45) is 0 Å². The second-order valence-electron chi connectivity index (χ2n) is 2.02. The molecule has 2 N–H and O–H groups in total. The molecular weight excluding hydrogens is 172 g/mol. The molecule has 0 bridgehead atoms. The van der Waals surface area contributed by atoms with E-state index in [0.717, 1.165) is 0 Å². The van der Waals surface area contributed by atoms with Gasteiger partial charge in [0.05, 0.1) is 6.54 Å². The molecule has 0 fully saturated rings. The number of hydrogen-bond donors (Lipinski definition) is 2. The summed E-state index contributed by atoms with van der Waals surface area (Å²) in [4.78, 5) is 28.1. The van der Waals surface area contributed by atoms with Gasteiger partial charge in [-0.25, -0.2) is 14.8 Å². The summed E-state index contributed by atoms with van der Waals surface area (Å²) in [6.45, 7) is -0.154. The van der Waals surface area contributed by atoms with Crippen molar-refractivity contribution in [1.82, 2.24) is 15.3 Å². The van der Waals surface area contributed by atoms with Crippen molar-refractivity contribution in [2.45, 2.75) is 0 Å². The smallest absolute Gasteiger partial charge is 0.322 e. The van der Waals surface area contributed by atoms with Gasteiger partial charge in [-0.1, -0.05) is 0 Å². The van der Waals surface area contributed by atoms with Crippen LogP contribution in [0, 0.1) is 0 Å². The molecule has 0 unspecified atom stereocenters. The first-order valence-corrected chi connectivity index (χ1v) is 3.50. The van der Waals surface area contributed by atoms with Gasteiger partial charge in [-0.2, -0.15) is 0 Å². The molecule has 1 heterocycles. The van der Waals surface area contributed by atoms with Crippen molar-refractivity contribution >= 4 is 18.3 Å². The summed E-state index contributed by atoms with van der Waals surface area (Å²) in [5.41, 5.74) is 0. The summed E-state index contributed by atoms with van der Waals surface area (Å²) in [7, 11) is 0. The lowest BCUT2D eigenvalue weighted by molar-refractivity contribution is 0.253. The van der Waals surface area contributed by atoms with Crippen LogP contribution in [0.25, 0.3) is 0 Å². The number of aromatic nitrogens is 2. The van der Waals surface area contributed by atoms with E-state index in [-0.39, 0.29) is 12.5 Å². The molecular formula is C7H7N4O2. The Kier molecular flexibility index (Phi) is 3.37. The maximum atomic E-state index is 10.9. The Hall–Kier alpha value is -1.98. The van der Waals surface area contributed by atoms with Gasteiger partial charge in [-0.05, 0) is 6.07 Å². The van der Waals surface area contributed by atoms with Crippen molar-refractivity contribution in [1.29, 1.82) is 0 Å². The summed E-state index contributed by atoms with van der Waals surface area (Å²) < 4.78 is 0. The van der Waals surface area contributed by atoms with E-state index < -0.39 is 6.03 Å². The molecule has 67 valence electrons. The van der Waals surface area contributed by atoms with Gasteiger partial charge in [-0.3, -0.25) is 10.1 Å². The zero-order chi connectivity index (χ0) is 9.52. The molecule has 0 aliphatic carbocycles. The Balaban J connectivity index is 2.41. The molecule has 1 rings (SSSR count). The fraction of sp³-hybridized carbons (Fsp3) is 0.143. The molecule has 6 nitrogen and oxygen atoms in total. The second kappa shape index (κ2) is 4.81. The molecule has 0 saturated heterocycles. The first kappa shape index (κ1) is 9.11. The number of anilines is 1. The van der Waals surface area contributed by atoms with E-state index in [1.54, 1.807) is 6.07 Å². The third-order valence-corrected chi connectivity index (χ3v) is 1.11. The Morgan fingerprint density at radius 2 is 2.15 bits per heavy atom. The third kappa shape index (κ3) is 3.28. The molecule has 0 saturated carbocycles. The highest BCUT2D eigenvalue weighted by atomic mass is 16.2. The van der Waals surface area contributed by atoms with Gasteiger partial charge < -0.3 is 5.32 Å². The number of nitrogens with zero attached hydrogens (tertiary/aromatic N) is 2. The zero-order valence-corrected chi connectivity index (χ0v) is 6.65. The second-order valence-corrected chi connectivity index (χ2v) is 2.02. The minimum absolute atomic E-state index is 0.154.